The predicted molar refractivity (Wildman–Crippen MR) is 68.4 cm³/mol. The Bertz CT molecular complexity index is 342. The smallest absolute Gasteiger partial charge is 0.0511 e. The molecule has 1 rings (SSSR count). The standard InChI is InChI=1S/C12H19BrN2/c1-8-5-6-9(13)7-10(8)11(15-14)12(2,3)4/h5-7,11,15H,14H2,1-4H3. The number of aryl methyl sites for hydroxylation is 1. The Labute approximate surface area is 100 Å². The number of nitrogens with two attached hydrogens (primary N) is 1. The summed E-state index contributed by atoms with van der Waals surface area (Å²) in [5.41, 5.74) is 5.51. The summed E-state index contributed by atoms with van der Waals surface area (Å²) in [6, 6.07) is 6.45. The Morgan fingerprint density at radius 3 is 2.40 bits per heavy atom. The molecule has 0 amide bonds. The third-order valence-electron chi connectivity index (χ3n) is 2.58. The summed E-state index contributed by atoms with van der Waals surface area (Å²) in [6.07, 6.45) is 0. The van der Waals surface area contributed by atoms with Gasteiger partial charge in [-0.15, -0.1) is 0 Å². The first-order valence-electron chi connectivity index (χ1n) is 5.08. The van der Waals surface area contributed by atoms with Gasteiger partial charge in [0.25, 0.3) is 0 Å². The van der Waals surface area contributed by atoms with Crippen molar-refractivity contribution in [3.05, 3.63) is 33.8 Å². The first-order valence-corrected chi connectivity index (χ1v) is 5.87. The van der Waals surface area contributed by atoms with Crippen LogP contribution < -0.4 is 11.3 Å². The van der Waals surface area contributed by atoms with Crippen molar-refractivity contribution in [3.8, 4) is 0 Å². The zero-order chi connectivity index (χ0) is 11.6. The zero-order valence-electron chi connectivity index (χ0n) is 9.76. The summed E-state index contributed by atoms with van der Waals surface area (Å²) in [4.78, 5) is 0. The highest BCUT2D eigenvalue weighted by Gasteiger charge is 2.26. The molecule has 84 valence electrons. The van der Waals surface area contributed by atoms with E-state index in [2.05, 4.69) is 67.2 Å². The van der Waals surface area contributed by atoms with E-state index >= 15 is 0 Å². The maximum absolute atomic E-state index is 5.64. The van der Waals surface area contributed by atoms with Gasteiger partial charge in [-0.25, -0.2) is 0 Å². The quantitative estimate of drug-likeness (QED) is 0.639. The average molecular weight is 271 g/mol. The Kier molecular flexibility index (Phi) is 3.93. The lowest BCUT2D eigenvalue weighted by molar-refractivity contribution is 0.274. The maximum atomic E-state index is 5.64. The zero-order valence-corrected chi connectivity index (χ0v) is 11.4. The summed E-state index contributed by atoms with van der Waals surface area (Å²) in [7, 11) is 0. The summed E-state index contributed by atoms with van der Waals surface area (Å²) >= 11 is 3.49. The number of nitrogens with one attached hydrogen (secondary N) is 1. The molecule has 0 aromatic heterocycles. The maximum Gasteiger partial charge on any atom is 0.0511 e. The Morgan fingerprint density at radius 1 is 1.33 bits per heavy atom. The molecule has 0 bridgehead atoms. The number of halogens is 1. The van der Waals surface area contributed by atoms with Crippen LogP contribution in [0.3, 0.4) is 0 Å². The molecule has 1 aromatic carbocycles. The van der Waals surface area contributed by atoms with Crippen LogP contribution in [0, 0.1) is 12.3 Å². The molecule has 1 atom stereocenters. The first kappa shape index (κ1) is 12.7. The monoisotopic (exact) mass is 270 g/mol. The second kappa shape index (κ2) is 4.64. The summed E-state index contributed by atoms with van der Waals surface area (Å²) < 4.78 is 1.09. The van der Waals surface area contributed by atoms with E-state index in [0.717, 1.165) is 4.47 Å². The Hall–Kier alpha value is -0.380. The molecule has 2 nitrogen and oxygen atoms in total. The van der Waals surface area contributed by atoms with Crippen LogP contribution in [0.1, 0.15) is 37.9 Å². The van der Waals surface area contributed by atoms with Gasteiger partial charge >= 0.3 is 0 Å². The minimum atomic E-state index is 0.0975. The van der Waals surface area contributed by atoms with E-state index in [1.54, 1.807) is 0 Å². The van der Waals surface area contributed by atoms with E-state index < -0.39 is 0 Å². The number of hydrogen-bond donors (Lipinski definition) is 2. The van der Waals surface area contributed by atoms with Crippen LogP contribution in [-0.4, -0.2) is 0 Å². The van der Waals surface area contributed by atoms with Crippen LogP contribution in [-0.2, 0) is 0 Å². The third-order valence-corrected chi connectivity index (χ3v) is 3.08. The van der Waals surface area contributed by atoms with Crippen molar-refractivity contribution in [1.29, 1.82) is 0 Å². The predicted octanol–water partition coefficient (Wildman–Crippen LogP) is 3.31. The lowest BCUT2D eigenvalue weighted by Gasteiger charge is -2.31. The normalized spacial score (nSPS) is 14.0. The van der Waals surface area contributed by atoms with Crippen molar-refractivity contribution in [2.24, 2.45) is 11.3 Å². The molecule has 3 N–H and O–H groups in total. The van der Waals surface area contributed by atoms with E-state index in [4.69, 9.17) is 5.84 Å². The van der Waals surface area contributed by atoms with Gasteiger partial charge in [-0.1, -0.05) is 42.8 Å². The van der Waals surface area contributed by atoms with Crippen LogP contribution in [0.25, 0.3) is 0 Å². The van der Waals surface area contributed by atoms with Crippen LogP contribution in [0.4, 0.5) is 0 Å². The highest BCUT2D eigenvalue weighted by Crippen LogP contribution is 2.34. The molecule has 0 heterocycles. The molecule has 1 aromatic rings. The second-order valence-electron chi connectivity index (χ2n) is 4.97. The molecule has 0 spiro atoms. The van der Waals surface area contributed by atoms with Gasteiger partial charge in [-0.2, -0.15) is 0 Å². The largest absolute Gasteiger partial charge is 0.271 e. The molecule has 0 saturated carbocycles. The number of hydrazine groups is 1. The van der Waals surface area contributed by atoms with Gasteiger partial charge in [0, 0.05) is 4.47 Å². The van der Waals surface area contributed by atoms with Gasteiger partial charge in [0.1, 0.15) is 0 Å². The van der Waals surface area contributed by atoms with E-state index in [1.807, 2.05) is 0 Å². The molecule has 15 heavy (non-hydrogen) atoms. The molecular weight excluding hydrogens is 252 g/mol. The lowest BCUT2D eigenvalue weighted by Crippen LogP contribution is -2.37. The number of benzene rings is 1. The van der Waals surface area contributed by atoms with Gasteiger partial charge in [0.2, 0.25) is 0 Å². The topological polar surface area (TPSA) is 38.0 Å². The molecule has 0 radical (unpaired) electrons. The highest BCUT2D eigenvalue weighted by molar-refractivity contribution is 9.10. The fourth-order valence-electron chi connectivity index (χ4n) is 1.73. The Balaban J connectivity index is 3.18. The minimum absolute atomic E-state index is 0.0975. The van der Waals surface area contributed by atoms with E-state index in [9.17, 15) is 0 Å². The van der Waals surface area contributed by atoms with Crippen molar-refractivity contribution in [1.82, 2.24) is 5.43 Å². The van der Waals surface area contributed by atoms with Crippen molar-refractivity contribution >= 4 is 15.9 Å². The van der Waals surface area contributed by atoms with Crippen LogP contribution in [0.2, 0.25) is 0 Å². The molecular formula is C12H19BrN2. The van der Waals surface area contributed by atoms with Crippen LogP contribution in [0.5, 0.6) is 0 Å². The highest BCUT2D eigenvalue weighted by atomic mass is 79.9. The molecule has 0 saturated heterocycles. The summed E-state index contributed by atoms with van der Waals surface area (Å²) in [5.74, 6) is 5.64. The first-order chi connectivity index (χ1) is 6.86. The number of rotatable bonds is 2. The van der Waals surface area contributed by atoms with Gasteiger partial charge < -0.3 is 0 Å². The van der Waals surface area contributed by atoms with Crippen molar-refractivity contribution in [2.75, 3.05) is 0 Å². The molecule has 0 aliphatic rings. The Morgan fingerprint density at radius 2 is 1.93 bits per heavy atom. The SMILES string of the molecule is Cc1ccc(Br)cc1C(NN)C(C)(C)C. The van der Waals surface area contributed by atoms with E-state index in [1.165, 1.54) is 11.1 Å². The molecule has 0 aliphatic heterocycles. The second-order valence-corrected chi connectivity index (χ2v) is 5.88. The minimum Gasteiger partial charge on any atom is -0.271 e. The van der Waals surface area contributed by atoms with Crippen molar-refractivity contribution in [3.63, 3.8) is 0 Å². The lowest BCUT2D eigenvalue weighted by atomic mass is 9.81. The fraction of sp³-hybridized carbons (Fsp3) is 0.500. The van der Waals surface area contributed by atoms with Crippen LogP contribution in [0.15, 0.2) is 22.7 Å². The average Bonchev–Trinajstić information content (AvgIpc) is 2.10. The molecule has 1 unspecified atom stereocenters. The molecule has 0 aliphatic carbocycles. The van der Waals surface area contributed by atoms with Crippen LogP contribution >= 0.6 is 15.9 Å². The summed E-state index contributed by atoms with van der Waals surface area (Å²) in [5, 5.41) is 0. The molecule has 0 fully saturated rings. The van der Waals surface area contributed by atoms with Gasteiger partial charge in [-0.05, 0) is 35.6 Å². The molecule has 3 heteroatoms. The van der Waals surface area contributed by atoms with Crippen molar-refractivity contribution < 1.29 is 0 Å². The van der Waals surface area contributed by atoms with Crippen molar-refractivity contribution in [2.45, 2.75) is 33.7 Å². The number of hydrogen-bond acceptors (Lipinski definition) is 2. The van der Waals surface area contributed by atoms with E-state index in [-0.39, 0.29) is 11.5 Å². The van der Waals surface area contributed by atoms with Gasteiger partial charge in [-0.3, -0.25) is 11.3 Å². The van der Waals surface area contributed by atoms with E-state index in [0.29, 0.717) is 0 Å². The summed E-state index contributed by atoms with van der Waals surface area (Å²) in [6.45, 7) is 8.64. The fourth-order valence-corrected chi connectivity index (χ4v) is 2.11. The third kappa shape index (κ3) is 3.03. The van der Waals surface area contributed by atoms with Gasteiger partial charge in [0.15, 0.2) is 0 Å². The van der Waals surface area contributed by atoms with Gasteiger partial charge in [0.05, 0.1) is 6.04 Å².